The van der Waals surface area contributed by atoms with Gasteiger partial charge in [0.1, 0.15) is 11.3 Å². The van der Waals surface area contributed by atoms with Gasteiger partial charge in [-0.15, -0.1) is 0 Å². The first-order valence-electron chi connectivity index (χ1n) is 5.65. The number of nitro groups is 1. The lowest BCUT2D eigenvalue weighted by Gasteiger charge is -2.06. The number of benzene rings is 1. The molecule has 0 radical (unpaired) electrons. The largest absolute Gasteiger partial charge is 0.322 e. The van der Waals surface area contributed by atoms with Crippen molar-refractivity contribution in [3.63, 3.8) is 0 Å². The number of nitrogens with zero attached hydrogens (tertiary/aromatic N) is 2. The first-order chi connectivity index (χ1) is 9.47. The second-order valence-electron chi connectivity index (χ2n) is 4.11. The SMILES string of the molecule is Cc1ccc(NC(=O)c2cc([N+](=O)[O-])cnc2Cl)cc1. The summed E-state index contributed by atoms with van der Waals surface area (Å²) < 4.78 is 0. The summed E-state index contributed by atoms with van der Waals surface area (Å²) in [4.78, 5) is 25.7. The molecule has 6 nitrogen and oxygen atoms in total. The zero-order chi connectivity index (χ0) is 14.7. The van der Waals surface area contributed by atoms with Crippen LogP contribution in [0.1, 0.15) is 15.9 Å². The molecule has 0 bridgehead atoms. The number of anilines is 1. The van der Waals surface area contributed by atoms with E-state index in [1.165, 1.54) is 0 Å². The molecule has 0 unspecified atom stereocenters. The predicted molar refractivity (Wildman–Crippen MR) is 75.0 cm³/mol. The highest BCUT2D eigenvalue weighted by atomic mass is 35.5. The molecule has 20 heavy (non-hydrogen) atoms. The zero-order valence-electron chi connectivity index (χ0n) is 10.5. The summed E-state index contributed by atoms with van der Waals surface area (Å²) in [5, 5.41) is 13.2. The average Bonchev–Trinajstić information content (AvgIpc) is 2.41. The van der Waals surface area contributed by atoms with E-state index >= 15 is 0 Å². The minimum Gasteiger partial charge on any atom is -0.322 e. The van der Waals surface area contributed by atoms with Gasteiger partial charge in [-0.2, -0.15) is 0 Å². The van der Waals surface area contributed by atoms with Gasteiger partial charge in [0.2, 0.25) is 0 Å². The molecular formula is C13H10ClN3O3. The van der Waals surface area contributed by atoms with Gasteiger partial charge in [0.15, 0.2) is 0 Å². The maximum atomic E-state index is 12.0. The lowest BCUT2D eigenvalue weighted by atomic mass is 10.2. The first kappa shape index (κ1) is 14.0. The maximum Gasteiger partial charge on any atom is 0.288 e. The van der Waals surface area contributed by atoms with Crippen molar-refractivity contribution in [1.29, 1.82) is 0 Å². The Bertz CT molecular complexity index is 671. The Morgan fingerprint density at radius 1 is 1.35 bits per heavy atom. The van der Waals surface area contributed by atoms with Crippen molar-refractivity contribution in [2.45, 2.75) is 6.92 Å². The minimum absolute atomic E-state index is 0.0403. The van der Waals surface area contributed by atoms with Crippen LogP contribution in [-0.4, -0.2) is 15.8 Å². The van der Waals surface area contributed by atoms with Gasteiger partial charge in [-0.1, -0.05) is 29.3 Å². The van der Waals surface area contributed by atoms with Gasteiger partial charge in [-0.3, -0.25) is 14.9 Å². The molecule has 1 heterocycles. The molecular weight excluding hydrogens is 282 g/mol. The fourth-order valence-corrected chi connectivity index (χ4v) is 1.72. The Balaban J connectivity index is 2.26. The van der Waals surface area contributed by atoms with Crippen LogP contribution in [-0.2, 0) is 0 Å². The van der Waals surface area contributed by atoms with Crippen LogP contribution in [0.5, 0.6) is 0 Å². The summed E-state index contributed by atoms with van der Waals surface area (Å²) in [5.74, 6) is -0.546. The van der Waals surface area contributed by atoms with E-state index in [1.54, 1.807) is 12.1 Å². The normalized spacial score (nSPS) is 10.1. The van der Waals surface area contributed by atoms with Crippen LogP contribution in [0.2, 0.25) is 5.15 Å². The second kappa shape index (κ2) is 5.66. The molecule has 0 fully saturated rings. The van der Waals surface area contributed by atoms with E-state index in [4.69, 9.17) is 11.6 Å². The first-order valence-corrected chi connectivity index (χ1v) is 6.03. The van der Waals surface area contributed by atoms with Crippen LogP contribution in [0.25, 0.3) is 0 Å². The third-order valence-electron chi connectivity index (χ3n) is 2.59. The summed E-state index contributed by atoms with van der Waals surface area (Å²) >= 11 is 5.79. The fourth-order valence-electron chi connectivity index (χ4n) is 1.53. The van der Waals surface area contributed by atoms with E-state index in [0.29, 0.717) is 5.69 Å². The highest BCUT2D eigenvalue weighted by Crippen LogP contribution is 2.20. The third kappa shape index (κ3) is 3.10. The van der Waals surface area contributed by atoms with E-state index in [1.807, 2.05) is 19.1 Å². The van der Waals surface area contributed by atoms with Crippen molar-refractivity contribution in [3.05, 3.63) is 62.9 Å². The zero-order valence-corrected chi connectivity index (χ0v) is 11.2. The Hall–Kier alpha value is -2.47. The Kier molecular flexibility index (Phi) is 3.95. The number of carbonyl (C=O) groups excluding carboxylic acids is 1. The number of aryl methyl sites for hydroxylation is 1. The minimum atomic E-state index is -0.633. The lowest BCUT2D eigenvalue weighted by Crippen LogP contribution is -2.13. The summed E-state index contributed by atoms with van der Waals surface area (Å²) in [6.45, 7) is 1.92. The van der Waals surface area contributed by atoms with Gasteiger partial charge < -0.3 is 5.32 Å². The van der Waals surface area contributed by atoms with Crippen molar-refractivity contribution in [3.8, 4) is 0 Å². The van der Waals surface area contributed by atoms with Gasteiger partial charge in [-0.25, -0.2) is 4.98 Å². The van der Waals surface area contributed by atoms with Crippen LogP contribution in [0.15, 0.2) is 36.5 Å². The van der Waals surface area contributed by atoms with E-state index in [9.17, 15) is 14.9 Å². The molecule has 2 aromatic rings. The third-order valence-corrected chi connectivity index (χ3v) is 2.89. The molecule has 102 valence electrons. The number of pyridine rings is 1. The average molecular weight is 292 g/mol. The van der Waals surface area contributed by atoms with Gasteiger partial charge in [0.05, 0.1) is 10.5 Å². The van der Waals surface area contributed by atoms with Crippen molar-refractivity contribution in [2.24, 2.45) is 0 Å². The smallest absolute Gasteiger partial charge is 0.288 e. The number of amides is 1. The molecule has 0 aliphatic carbocycles. The number of hydrogen-bond donors (Lipinski definition) is 1. The number of carbonyl (C=O) groups is 1. The Labute approximate surface area is 119 Å². The topological polar surface area (TPSA) is 85.1 Å². The van der Waals surface area contributed by atoms with Crippen LogP contribution in [0.4, 0.5) is 11.4 Å². The van der Waals surface area contributed by atoms with Gasteiger partial charge >= 0.3 is 0 Å². The van der Waals surface area contributed by atoms with Crippen LogP contribution in [0, 0.1) is 17.0 Å². The quantitative estimate of drug-likeness (QED) is 0.534. The van der Waals surface area contributed by atoms with E-state index in [2.05, 4.69) is 10.3 Å². The number of aromatic nitrogens is 1. The molecule has 1 aromatic heterocycles. The summed E-state index contributed by atoms with van der Waals surface area (Å²) in [6.07, 6.45) is 1.00. The molecule has 1 N–H and O–H groups in total. The molecule has 1 amide bonds. The molecule has 0 saturated heterocycles. The summed E-state index contributed by atoms with van der Waals surface area (Å²) in [7, 11) is 0. The summed E-state index contributed by atoms with van der Waals surface area (Å²) in [6, 6.07) is 8.22. The molecule has 7 heteroatoms. The van der Waals surface area contributed by atoms with Gasteiger partial charge in [0.25, 0.3) is 11.6 Å². The number of hydrogen-bond acceptors (Lipinski definition) is 4. The molecule has 2 rings (SSSR count). The lowest BCUT2D eigenvalue weighted by molar-refractivity contribution is -0.385. The van der Waals surface area contributed by atoms with E-state index < -0.39 is 10.8 Å². The molecule has 0 saturated carbocycles. The van der Waals surface area contributed by atoms with E-state index in [-0.39, 0.29) is 16.4 Å². The number of halogens is 1. The second-order valence-corrected chi connectivity index (χ2v) is 4.47. The fraction of sp³-hybridized carbons (Fsp3) is 0.0769. The molecule has 0 aliphatic rings. The van der Waals surface area contributed by atoms with Crippen LogP contribution in [0.3, 0.4) is 0 Å². The van der Waals surface area contributed by atoms with E-state index in [0.717, 1.165) is 17.8 Å². The van der Waals surface area contributed by atoms with Crippen molar-refractivity contribution < 1.29 is 9.72 Å². The van der Waals surface area contributed by atoms with Crippen molar-refractivity contribution >= 4 is 28.9 Å². The molecule has 0 atom stereocenters. The highest BCUT2D eigenvalue weighted by molar-refractivity contribution is 6.33. The highest BCUT2D eigenvalue weighted by Gasteiger charge is 2.17. The van der Waals surface area contributed by atoms with Crippen molar-refractivity contribution in [1.82, 2.24) is 4.98 Å². The number of rotatable bonds is 3. The standard InChI is InChI=1S/C13H10ClN3O3/c1-8-2-4-9(5-3-8)16-13(18)11-6-10(17(19)20)7-15-12(11)14/h2-7H,1H3,(H,16,18). The van der Waals surface area contributed by atoms with Gasteiger partial charge in [0, 0.05) is 11.8 Å². The predicted octanol–water partition coefficient (Wildman–Crippen LogP) is 3.20. The Morgan fingerprint density at radius 2 is 2.00 bits per heavy atom. The summed E-state index contributed by atoms with van der Waals surface area (Å²) in [5.41, 5.74) is 1.30. The number of nitrogens with one attached hydrogen (secondary N) is 1. The van der Waals surface area contributed by atoms with Crippen molar-refractivity contribution in [2.75, 3.05) is 5.32 Å². The Morgan fingerprint density at radius 3 is 2.60 bits per heavy atom. The monoisotopic (exact) mass is 291 g/mol. The van der Waals surface area contributed by atoms with Crippen LogP contribution < -0.4 is 5.32 Å². The van der Waals surface area contributed by atoms with Crippen LogP contribution >= 0.6 is 11.6 Å². The molecule has 0 aliphatic heterocycles. The molecule has 1 aromatic carbocycles. The molecule has 0 spiro atoms. The maximum absolute atomic E-state index is 12.0. The van der Waals surface area contributed by atoms with Gasteiger partial charge in [-0.05, 0) is 19.1 Å².